The number of aromatic nitrogens is 2. The highest BCUT2D eigenvalue weighted by molar-refractivity contribution is 7.89. The number of esters is 1. The Morgan fingerprint density at radius 2 is 1.91 bits per heavy atom. The maximum atomic E-state index is 13.5. The van der Waals surface area contributed by atoms with E-state index in [0.29, 0.717) is 29.4 Å². The Bertz CT molecular complexity index is 1340. The Morgan fingerprint density at radius 1 is 1.17 bits per heavy atom. The zero-order valence-electron chi connectivity index (χ0n) is 19.3. The van der Waals surface area contributed by atoms with E-state index in [2.05, 4.69) is 5.10 Å². The molecule has 0 fully saturated rings. The highest BCUT2D eigenvalue weighted by atomic mass is 35.5. The number of hydrogen-bond acceptors (Lipinski definition) is 6. The van der Waals surface area contributed by atoms with Crippen LogP contribution in [-0.4, -0.2) is 42.1 Å². The summed E-state index contributed by atoms with van der Waals surface area (Å²) >= 11 is 12.5. The molecule has 1 aromatic heterocycles. The molecule has 0 saturated carbocycles. The van der Waals surface area contributed by atoms with Crippen molar-refractivity contribution in [3.8, 4) is 11.5 Å². The Balaban J connectivity index is 1.57. The van der Waals surface area contributed by atoms with Crippen molar-refractivity contribution in [2.24, 2.45) is 0 Å². The summed E-state index contributed by atoms with van der Waals surface area (Å²) in [4.78, 5) is 12.0. The van der Waals surface area contributed by atoms with Gasteiger partial charge < -0.3 is 9.47 Å². The molecule has 1 aliphatic carbocycles. The Morgan fingerprint density at radius 3 is 2.63 bits per heavy atom. The van der Waals surface area contributed by atoms with E-state index in [1.54, 1.807) is 49.1 Å². The number of fused-ring (bicyclic) bond motifs is 1. The van der Waals surface area contributed by atoms with Gasteiger partial charge in [0.15, 0.2) is 0 Å². The summed E-state index contributed by atoms with van der Waals surface area (Å²) in [6, 6.07) is 10.8. The molecule has 0 N–H and O–H groups in total. The van der Waals surface area contributed by atoms with Crippen LogP contribution < -0.4 is 4.74 Å². The van der Waals surface area contributed by atoms with Crippen LogP contribution in [0.25, 0.3) is 0 Å². The van der Waals surface area contributed by atoms with Crippen molar-refractivity contribution in [2.45, 2.75) is 43.7 Å². The lowest BCUT2D eigenvalue weighted by molar-refractivity contribution is -0.144. The first-order chi connectivity index (χ1) is 16.7. The summed E-state index contributed by atoms with van der Waals surface area (Å²) < 4.78 is 40.7. The SMILES string of the molecule is CCOC(=O)Cn1ncc2c1CCCC2N(C)S(=O)(=O)c1ccc(Oc2ccccc2Cl)c(Cl)c1. The summed E-state index contributed by atoms with van der Waals surface area (Å²) in [5.74, 6) is 0.329. The third-order valence-electron chi connectivity index (χ3n) is 5.89. The molecule has 4 rings (SSSR count). The number of benzene rings is 2. The average Bonchev–Trinajstić information content (AvgIpc) is 3.24. The molecule has 0 aliphatic heterocycles. The largest absolute Gasteiger partial charge is 0.465 e. The molecular weight excluding hydrogens is 513 g/mol. The molecule has 1 atom stereocenters. The van der Waals surface area contributed by atoms with Gasteiger partial charge in [-0.2, -0.15) is 9.40 Å². The van der Waals surface area contributed by atoms with Crippen LogP contribution in [0.4, 0.5) is 0 Å². The van der Waals surface area contributed by atoms with E-state index in [0.717, 1.165) is 17.7 Å². The third kappa shape index (κ3) is 5.33. The minimum Gasteiger partial charge on any atom is -0.465 e. The molecule has 0 radical (unpaired) electrons. The molecule has 0 saturated heterocycles. The summed E-state index contributed by atoms with van der Waals surface area (Å²) in [7, 11) is -2.34. The van der Waals surface area contributed by atoms with E-state index in [1.165, 1.54) is 22.5 Å². The fourth-order valence-corrected chi connectivity index (χ4v) is 5.99. The summed E-state index contributed by atoms with van der Waals surface area (Å²) in [5.41, 5.74) is 1.63. The molecule has 0 spiro atoms. The molecular formula is C24H25Cl2N3O5S. The van der Waals surface area contributed by atoms with Gasteiger partial charge in [0.1, 0.15) is 18.0 Å². The Labute approximate surface area is 214 Å². The molecule has 0 bridgehead atoms. The number of rotatable bonds is 8. The zero-order valence-corrected chi connectivity index (χ0v) is 21.6. The number of ether oxygens (including phenoxy) is 2. The summed E-state index contributed by atoms with van der Waals surface area (Å²) in [6.07, 6.45) is 3.74. The Kier molecular flexibility index (Phi) is 7.70. The van der Waals surface area contributed by atoms with E-state index in [1.807, 2.05) is 0 Å². The third-order valence-corrected chi connectivity index (χ3v) is 8.36. The zero-order chi connectivity index (χ0) is 25.2. The number of carbonyl (C=O) groups is 1. The quantitative estimate of drug-likeness (QED) is 0.364. The standard InChI is InChI=1S/C24H25Cl2N3O5S/c1-3-33-24(30)15-29-21-9-6-8-20(17(21)14-27-29)28(2)35(31,32)16-11-12-23(19(26)13-16)34-22-10-5-4-7-18(22)25/h4-5,7,10-14,20H,3,6,8-9,15H2,1-2H3. The minimum atomic E-state index is -3.89. The van der Waals surface area contributed by atoms with Crippen molar-refractivity contribution in [2.75, 3.05) is 13.7 Å². The van der Waals surface area contributed by atoms with Crippen molar-refractivity contribution in [1.29, 1.82) is 0 Å². The summed E-state index contributed by atoms with van der Waals surface area (Å²) in [5, 5.41) is 4.88. The number of hydrogen-bond donors (Lipinski definition) is 0. The highest BCUT2D eigenvalue weighted by Gasteiger charge is 2.34. The second-order valence-electron chi connectivity index (χ2n) is 8.06. The van der Waals surface area contributed by atoms with E-state index >= 15 is 0 Å². The molecule has 35 heavy (non-hydrogen) atoms. The van der Waals surface area contributed by atoms with Crippen molar-refractivity contribution < 1.29 is 22.7 Å². The first-order valence-corrected chi connectivity index (χ1v) is 13.3. The number of halogens is 2. The van der Waals surface area contributed by atoms with Crippen LogP contribution in [-0.2, 0) is 32.5 Å². The van der Waals surface area contributed by atoms with Crippen LogP contribution in [0.2, 0.25) is 10.0 Å². The van der Waals surface area contributed by atoms with Gasteiger partial charge >= 0.3 is 5.97 Å². The second-order valence-corrected chi connectivity index (χ2v) is 10.9. The lowest BCUT2D eigenvalue weighted by Crippen LogP contribution is -2.33. The number of para-hydroxylation sites is 1. The summed E-state index contributed by atoms with van der Waals surface area (Å²) in [6.45, 7) is 2.03. The molecule has 1 aliphatic rings. The van der Waals surface area contributed by atoms with Gasteiger partial charge in [-0.1, -0.05) is 35.3 Å². The van der Waals surface area contributed by atoms with Gasteiger partial charge in [-0.3, -0.25) is 9.48 Å². The predicted molar refractivity (Wildman–Crippen MR) is 132 cm³/mol. The maximum Gasteiger partial charge on any atom is 0.327 e. The second kappa shape index (κ2) is 10.6. The highest BCUT2D eigenvalue weighted by Crippen LogP contribution is 2.39. The topological polar surface area (TPSA) is 90.7 Å². The molecule has 2 aromatic carbocycles. The maximum absolute atomic E-state index is 13.5. The van der Waals surface area contributed by atoms with E-state index in [9.17, 15) is 13.2 Å². The van der Waals surface area contributed by atoms with Crippen LogP contribution in [0.1, 0.15) is 37.1 Å². The van der Waals surface area contributed by atoms with Crippen LogP contribution in [0.15, 0.2) is 53.6 Å². The van der Waals surface area contributed by atoms with Crippen LogP contribution in [0.5, 0.6) is 11.5 Å². The lowest BCUT2D eigenvalue weighted by atomic mass is 9.93. The first-order valence-electron chi connectivity index (χ1n) is 11.1. The molecule has 0 amide bonds. The van der Waals surface area contributed by atoms with Crippen LogP contribution in [0.3, 0.4) is 0 Å². The molecule has 186 valence electrons. The van der Waals surface area contributed by atoms with Crippen molar-refractivity contribution in [3.05, 3.63) is 70.0 Å². The van der Waals surface area contributed by atoms with E-state index in [4.69, 9.17) is 32.7 Å². The fourth-order valence-electron chi connectivity index (χ4n) is 4.14. The van der Waals surface area contributed by atoms with Gasteiger partial charge in [-0.15, -0.1) is 0 Å². The van der Waals surface area contributed by atoms with Gasteiger partial charge in [0.05, 0.1) is 33.8 Å². The monoisotopic (exact) mass is 537 g/mol. The average molecular weight is 538 g/mol. The lowest BCUT2D eigenvalue weighted by Gasteiger charge is -2.31. The van der Waals surface area contributed by atoms with Crippen LogP contribution in [0, 0.1) is 0 Å². The molecule has 11 heteroatoms. The van der Waals surface area contributed by atoms with Gasteiger partial charge in [-0.05, 0) is 56.5 Å². The van der Waals surface area contributed by atoms with Gasteiger partial charge in [0.25, 0.3) is 0 Å². The first kappa shape index (κ1) is 25.5. The van der Waals surface area contributed by atoms with Crippen molar-refractivity contribution in [3.63, 3.8) is 0 Å². The smallest absolute Gasteiger partial charge is 0.327 e. The predicted octanol–water partition coefficient (Wildman–Crippen LogP) is 5.24. The van der Waals surface area contributed by atoms with Crippen LogP contribution >= 0.6 is 23.2 Å². The van der Waals surface area contributed by atoms with Gasteiger partial charge in [0, 0.05) is 18.3 Å². The molecule has 8 nitrogen and oxygen atoms in total. The van der Waals surface area contributed by atoms with E-state index in [-0.39, 0.29) is 29.0 Å². The number of sulfonamides is 1. The Hall–Kier alpha value is -2.59. The van der Waals surface area contributed by atoms with E-state index < -0.39 is 16.1 Å². The molecule has 3 aromatic rings. The minimum absolute atomic E-state index is 0.00510. The van der Waals surface area contributed by atoms with Gasteiger partial charge in [-0.25, -0.2) is 8.42 Å². The van der Waals surface area contributed by atoms with Crippen molar-refractivity contribution >= 4 is 39.2 Å². The number of carbonyl (C=O) groups excluding carboxylic acids is 1. The molecule has 1 heterocycles. The normalized spacial score (nSPS) is 15.6. The molecule has 1 unspecified atom stereocenters. The number of nitrogens with zero attached hydrogens (tertiary/aromatic N) is 3. The van der Waals surface area contributed by atoms with Crippen molar-refractivity contribution in [1.82, 2.24) is 14.1 Å². The van der Waals surface area contributed by atoms with Gasteiger partial charge in [0.2, 0.25) is 10.0 Å². The fraction of sp³-hybridized carbons (Fsp3) is 0.333.